The van der Waals surface area contributed by atoms with Crippen molar-refractivity contribution in [3.8, 4) is 67.5 Å². The van der Waals surface area contributed by atoms with Crippen LogP contribution in [0.2, 0.25) is 0 Å². The van der Waals surface area contributed by atoms with Gasteiger partial charge in [-0.15, -0.1) is 0 Å². The van der Waals surface area contributed by atoms with Gasteiger partial charge in [-0.3, -0.25) is 0 Å². The summed E-state index contributed by atoms with van der Waals surface area (Å²) in [4.78, 5) is 17.5. The van der Waals surface area contributed by atoms with Crippen LogP contribution >= 0.6 is 0 Å². The molecular formula is C57H38N4O. The van der Waals surface area contributed by atoms with E-state index in [1.165, 1.54) is 11.1 Å². The Morgan fingerprint density at radius 1 is 0.290 bits per heavy atom. The Bertz CT molecular complexity index is 3170. The molecule has 0 spiro atoms. The van der Waals surface area contributed by atoms with Gasteiger partial charge in [0.15, 0.2) is 17.5 Å². The van der Waals surface area contributed by atoms with Gasteiger partial charge in [0.05, 0.1) is 0 Å². The normalized spacial score (nSPS) is 11.2. The van der Waals surface area contributed by atoms with Crippen molar-refractivity contribution >= 4 is 39.0 Å². The second kappa shape index (κ2) is 16.0. The van der Waals surface area contributed by atoms with Crippen molar-refractivity contribution < 1.29 is 4.42 Å². The topological polar surface area (TPSA) is 55.1 Å². The summed E-state index contributed by atoms with van der Waals surface area (Å²) in [6.45, 7) is 0. The fourth-order valence-corrected chi connectivity index (χ4v) is 8.28. The smallest absolute Gasteiger partial charge is 0.164 e. The first-order chi connectivity index (χ1) is 30.7. The maximum atomic E-state index is 6.64. The Kier molecular flexibility index (Phi) is 9.45. The van der Waals surface area contributed by atoms with Crippen molar-refractivity contribution in [3.63, 3.8) is 0 Å². The molecule has 11 aromatic rings. The van der Waals surface area contributed by atoms with E-state index >= 15 is 0 Å². The molecule has 2 heterocycles. The number of hydrogen-bond acceptors (Lipinski definition) is 5. The molecule has 0 amide bonds. The van der Waals surface area contributed by atoms with E-state index in [0.29, 0.717) is 17.5 Å². The minimum absolute atomic E-state index is 0.566. The third-order valence-electron chi connectivity index (χ3n) is 11.3. The second-order valence-corrected chi connectivity index (χ2v) is 15.2. The van der Waals surface area contributed by atoms with Crippen molar-refractivity contribution in [1.29, 1.82) is 0 Å². The number of para-hydroxylation sites is 1. The lowest BCUT2D eigenvalue weighted by Crippen LogP contribution is -2.10. The zero-order valence-electron chi connectivity index (χ0n) is 33.6. The van der Waals surface area contributed by atoms with Gasteiger partial charge >= 0.3 is 0 Å². The predicted molar refractivity (Wildman–Crippen MR) is 254 cm³/mol. The fourth-order valence-electron chi connectivity index (χ4n) is 8.28. The van der Waals surface area contributed by atoms with Gasteiger partial charge in [0, 0.05) is 44.5 Å². The van der Waals surface area contributed by atoms with E-state index in [9.17, 15) is 0 Å². The largest absolute Gasteiger partial charge is 0.456 e. The zero-order chi connectivity index (χ0) is 41.2. The van der Waals surface area contributed by atoms with E-state index < -0.39 is 0 Å². The average molecular weight is 795 g/mol. The van der Waals surface area contributed by atoms with Gasteiger partial charge in [-0.25, -0.2) is 15.0 Å². The van der Waals surface area contributed by atoms with E-state index in [1.807, 2.05) is 72.8 Å². The average Bonchev–Trinajstić information content (AvgIpc) is 3.74. The molecule has 5 heteroatoms. The summed E-state index contributed by atoms with van der Waals surface area (Å²) in [6.07, 6.45) is 0. The summed E-state index contributed by atoms with van der Waals surface area (Å²) in [5.41, 5.74) is 14.1. The van der Waals surface area contributed by atoms with E-state index in [4.69, 9.17) is 19.4 Å². The van der Waals surface area contributed by atoms with Crippen LogP contribution in [0.4, 0.5) is 17.1 Å². The fraction of sp³-hybridized carbons (Fsp3) is 0. The van der Waals surface area contributed by atoms with E-state index in [0.717, 1.165) is 77.9 Å². The monoisotopic (exact) mass is 794 g/mol. The minimum atomic E-state index is 0.566. The maximum absolute atomic E-state index is 6.64. The van der Waals surface area contributed by atoms with Gasteiger partial charge < -0.3 is 9.32 Å². The van der Waals surface area contributed by atoms with Crippen molar-refractivity contribution in [3.05, 3.63) is 231 Å². The molecule has 0 atom stereocenters. The zero-order valence-corrected chi connectivity index (χ0v) is 33.6. The molecule has 0 unspecified atom stereocenters. The molecule has 292 valence electrons. The lowest BCUT2D eigenvalue weighted by molar-refractivity contribution is 0.669. The number of hydrogen-bond donors (Lipinski definition) is 0. The first-order valence-electron chi connectivity index (χ1n) is 20.8. The van der Waals surface area contributed by atoms with Gasteiger partial charge in [0.25, 0.3) is 0 Å². The van der Waals surface area contributed by atoms with Crippen LogP contribution in [0.5, 0.6) is 0 Å². The van der Waals surface area contributed by atoms with Crippen molar-refractivity contribution in [1.82, 2.24) is 15.0 Å². The van der Waals surface area contributed by atoms with Crippen LogP contribution < -0.4 is 4.90 Å². The Balaban J connectivity index is 1.08. The molecule has 9 aromatic carbocycles. The number of fused-ring (bicyclic) bond motifs is 3. The molecule has 0 aliphatic rings. The van der Waals surface area contributed by atoms with Crippen molar-refractivity contribution in [2.75, 3.05) is 4.90 Å². The molecule has 0 N–H and O–H groups in total. The molecule has 0 aliphatic carbocycles. The summed E-state index contributed by atoms with van der Waals surface area (Å²) >= 11 is 0. The van der Waals surface area contributed by atoms with Gasteiger partial charge in [0.2, 0.25) is 0 Å². The minimum Gasteiger partial charge on any atom is -0.456 e. The molecule has 0 saturated carbocycles. The quantitative estimate of drug-likeness (QED) is 0.146. The SMILES string of the molecule is c1ccc(-c2ccc(N(c3ccc(-c4ccccc4)cc3)c3cccc(-c4cc(-c5nc(-c6ccccc6)nc(-c6ccccc6)n5)cc5oc6ccccc6c45)c3)cc2)cc1. The second-order valence-electron chi connectivity index (χ2n) is 15.2. The van der Waals surface area contributed by atoms with Crippen molar-refractivity contribution in [2.45, 2.75) is 0 Å². The van der Waals surface area contributed by atoms with E-state index in [-0.39, 0.29) is 0 Å². The number of aromatic nitrogens is 3. The standard InChI is InChI=1S/C57H38N4O/c1-5-16-39(17-6-1)41-28-32-47(33-29-41)61(48-34-30-42(31-35-48)40-18-7-2-8-19-40)49-25-15-24-45(36-49)51-37-46(38-53-54(51)50-26-13-14-27-52(50)62-53)57-59-55(43-20-9-3-10-21-43)58-56(60-57)44-22-11-4-12-23-44/h1-38H. The molecule has 0 saturated heterocycles. The van der Waals surface area contributed by atoms with Crippen LogP contribution in [0, 0.1) is 0 Å². The van der Waals surface area contributed by atoms with Gasteiger partial charge in [-0.1, -0.05) is 176 Å². The Morgan fingerprint density at radius 2 is 0.726 bits per heavy atom. The number of rotatable bonds is 9. The molecule has 0 fully saturated rings. The molecule has 11 rings (SSSR count). The molecule has 62 heavy (non-hydrogen) atoms. The summed E-state index contributed by atoms with van der Waals surface area (Å²) in [7, 11) is 0. The highest BCUT2D eigenvalue weighted by molar-refractivity contribution is 6.13. The molecule has 5 nitrogen and oxygen atoms in total. The number of benzene rings is 9. The molecule has 0 aliphatic heterocycles. The number of nitrogens with zero attached hydrogens (tertiary/aromatic N) is 4. The maximum Gasteiger partial charge on any atom is 0.164 e. The molecular weight excluding hydrogens is 757 g/mol. The van der Waals surface area contributed by atoms with Crippen molar-refractivity contribution in [2.24, 2.45) is 0 Å². The first kappa shape index (κ1) is 36.7. The lowest BCUT2D eigenvalue weighted by atomic mass is 9.96. The van der Waals surface area contributed by atoms with Crippen LogP contribution in [0.25, 0.3) is 89.5 Å². The molecule has 0 bridgehead atoms. The highest BCUT2D eigenvalue weighted by Crippen LogP contribution is 2.43. The van der Waals surface area contributed by atoms with Crippen LogP contribution in [0.3, 0.4) is 0 Å². The molecule has 2 aromatic heterocycles. The third kappa shape index (κ3) is 7.08. The summed E-state index contributed by atoms with van der Waals surface area (Å²) in [5, 5.41) is 2.08. The van der Waals surface area contributed by atoms with E-state index in [1.54, 1.807) is 0 Å². The predicted octanol–water partition coefficient (Wildman–Crippen LogP) is 15.2. The third-order valence-corrected chi connectivity index (χ3v) is 11.3. The number of furan rings is 1. The Labute approximate surface area is 359 Å². The van der Waals surface area contributed by atoms with E-state index in [2.05, 4.69) is 163 Å². The van der Waals surface area contributed by atoms with Crippen LogP contribution in [-0.4, -0.2) is 15.0 Å². The summed E-state index contributed by atoms with van der Waals surface area (Å²) in [6, 6.07) is 80.1. The molecule has 0 radical (unpaired) electrons. The van der Waals surface area contributed by atoms with Gasteiger partial charge in [-0.05, 0) is 88.0 Å². The van der Waals surface area contributed by atoms with Crippen LogP contribution in [-0.2, 0) is 0 Å². The van der Waals surface area contributed by atoms with Crippen LogP contribution in [0.15, 0.2) is 235 Å². The highest BCUT2D eigenvalue weighted by atomic mass is 16.3. The van der Waals surface area contributed by atoms with Crippen LogP contribution in [0.1, 0.15) is 0 Å². The summed E-state index contributed by atoms with van der Waals surface area (Å²) in [5.74, 6) is 1.78. The lowest BCUT2D eigenvalue weighted by Gasteiger charge is -2.26. The highest BCUT2D eigenvalue weighted by Gasteiger charge is 2.20. The first-order valence-corrected chi connectivity index (χ1v) is 20.8. The van der Waals surface area contributed by atoms with Gasteiger partial charge in [0.1, 0.15) is 11.2 Å². The Hall–Kier alpha value is -8.41. The summed E-state index contributed by atoms with van der Waals surface area (Å²) < 4.78 is 6.64. The van der Waals surface area contributed by atoms with Gasteiger partial charge in [-0.2, -0.15) is 0 Å². The number of anilines is 3. The Morgan fingerprint density at radius 3 is 1.26 bits per heavy atom.